The molecule has 2 rings (SSSR count). The highest BCUT2D eigenvalue weighted by Crippen LogP contribution is 2.32. The Hall–Kier alpha value is -1.81. The van der Waals surface area contributed by atoms with E-state index in [0.29, 0.717) is 11.5 Å². The van der Waals surface area contributed by atoms with Crippen molar-refractivity contribution in [2.75, 3.05) is 7.11 Å². The second-order valence-corrected chi connectivity index (χ2v) is 4.36. The van der Waals surface area contributed by atoms with E-state index in [1.165, 1.54) is 0 Å². The third-order valence-electron chi connectivity index (χ3n) is 3.14. The zero-order chi connectivity index (χ0) is 13.3. The van der Waals surface area contributed by atoms with Crippen LogP contribution in [-0.4, -0.2) is 17.4 Å². The van der Waals surface area contributed by atoms with Gasteiger partial charge in [-0.15, -0.1) is 0 Å². The molecule has 0 aliphatic heterocycles. The molecule has 0 amide bonds. The number of hydrogen-bond donors (Lipinski definition) is 1. The molecule has 1 aromatic carbocycles. The molecule has 0 saturated heterocycles. The first-order chi connectivity index (χ1) is 8.58. The summed E-state index contributed by atoms with van der Waals surface area (Å²) in [7, 11) is 1.65. The van der Waals surface area contributed by atoms with Crippen LogP contribution in [0.2, 0.25) is 0 Å². The molecule has 96 valence electrons. The van der Waals surface area contributed by atoms with Crippen LogP contribution >= 0.6 is 0 Å². The SMILES string of the molecule is COc1cc(C)c(-c2noc(C)c2CO)cc1C. The molecule has 2 aromatic rings. The third-order valence-corrected chi connectivity index (χ3v) is 3.14. The minimum Gasteiger partial charge on any atom is -0.496 e. The van der Waals surface area contributed by atoms with E-state index >= 15 is 0 Å². The summed E-state index contributed by atoms with van der Waals surface area (Å²) in [5.74, 6) is 1.50. The lowest BCUT2D eigenvalue weighted by atomic mass is 9.99. The first-order valence-corrected chi connectivity index (χ1v) is 5.80. The van der Waals surface area contributed by atoms with Crippen molar-refractivity contribution in [1.82, 2.24) is 5.16 Å². The van der Waals surface area contributed by atoms with Crippen LogP contribution in [0.4, 0.5) is 0 Å². The predicted molar refractivity (Wildman–Crippen MR) is 68.6 cm³/mol. The molecule has 0 spiro atoms. The summed E-state index contributed by atoms with van der Waals surface area (Å²) >= 11 is 0. The highest BCUT2D eigenvalue weighted by atomic mass is 16.5. The normalized spacial score (nSPS) is 10.7. The number of aryl methyl sites for hydroxylation is 3. The molecule has 1 aromatic heterocycles. The zero-order valence-corrected chi connectivity index (χ0v) is 11.1. The molecule has 1 heterocycles. The molecule has 18 heavy (non-hydrogen) atoms. The maximum atomic E-state index is 9.39. The average molecular weight is 247 g/mol. The summed E-state index contributed by atoms with van der Waals surface area (Å²) in [6.45, 7) is 5.69. The smallest absolute Gasteiger partial charge is 0.139 e. The number of methoxy groups -OCH3 is 1. The summed E-state index contributed by atoms with van der Waals surface area (Å²) in [5, 5.41) is 13.4. The largest absolute Gasteiger partial charge is 0.496 e. The fourth-order valence-electron chi connectivity index (χ4n) is 2.05. The van der Waals surface area contributed by atoms with Crippen molar-refractivity contribution in [1.29, 1.82) is 0 Å². The number of nitrogens with zero attached hydrogens (tertiary/aromatic N) is 1. The Labute approximate surface area is 106 Å². The molecular weight excluding hydrogens is 230 g/mol. The molecule has 0 atom stereocenters. The second kappa shape index (κ2) is 4.82. The van der Waals surface area contributed by atoms with Gasteiger partial charge in [0.2, 0.25) is 0 Å². The Morgan fingerprint density at radius 2 is 1.94 bits per heavy atom. The van der Waals surface area contributed by atoms with Gasteiger partial charge in [0.15, 0.2) is 0 Å². The topological polar surface area (TPSA) is 55.5 Å². The molecule has 0 unspecified atom stereocenters. The van der Waals surface area contributed by atoms with Crippen LogP contribution in [0.1, 0.15) is 22.5 Å². The Morgan fingerprint density at radius 1 is 1.22 bits per heavy atom. The highest BCUT2D eigenvalue weighted by molar-refractivity contribution is 5.69. The van der Waals surface area contributed by atoms with Gasteiger partial charge in [-0.05, 0) is 44.0 Å². The van der Waals surface area contributed by atoms with Crippen LogP contribution in [-0.2, 0) is 6.61 Å². The van der Waals surface area contributed by atoms with E-state index in [0.717, 1.165) is 28.0 Å². The Bertz CT molecular complexity index is 573. The van der Waals surface area contributed by atoms with Gasteiger partial charge in [0, 0.05) is 11.1 Å². The summed E-state index contributed by atoms with van der Waals surface area (Å²) in [4.78, 5) is 0. The van der Waals surface area contributed by atoms with Gasteiger partial charge < -0.3 is 14.4 Å². The standard InChI is InChI=1S/C14H17NO3/c1-8-6-13(17-4)9(2)5-11(8)14-12(7-16)10(3)18-15-14/h5-6,16H,7H2,1-4H3. The van der Waals surface area contributed by atoms with Crippen molar-refractivity contribution in [2.24, 2.45) is 0 Å². The Balaban J connectivity index is 2.60. The van der Waals surface area contributed by atoms with Crippen LogP contribution in [0.5, 0.6) is 5.75 Å². The summed E-state index contributed by atoms with van der Waals surface area (Å²) in [6.07, 6.45) is 0. The second-order valence-electron chi connectivity index (χ2n) is 4.36. The maximum Gasteiger partial charge on any atom is 0.139 e. The van der Waals surface area contributed by atoms with Crippen molar-refractivity contribution < 1.29 is 14.4 Å². The summed E-state index contributed by atoms with van der Waals surface area (Å²) in [6, 6.07) is 3.97. The number of rotatable bonds is 3. The first-order valence-electron chi connectivity index (χ1n) is 5.80. The van der Waals surface area contributed by atoms with Crippen molar-refractivity contribution in [3.05, 3.63) is 34.6 Å². The molecular formula is C14H17NO3. The van der Waals surface area contributed by atoms with Gasteiger partial charge in [0.05, 0.1) is 13.7 Å². The van der Waals surface area contributed by atoms with Crippen LogP contribution < -0.4 is 4.74 Å². The number of aromatic nitrogens is 1. The molecule has 0 bridgehead atoms. The lowest BCUT2D eigenvalue weighted by molar-refractivity contribution is 0.278. The molecule has 4 nitrogen and oxygen atoms in total. The minimum atomic E-state index is -0.0742. The van der Waals surface area contributed by atoms with Gasteiger partial charge in [-0.1, -0.05) is 5.16 Å². The molecule has 0 aliphatic carbocycles. The van der Waals surface area contributed by atoms with E-state index in [2.05, 4.69) is 5.16 Å². The van der Waals surface area contributed by atoms with E-state index in [1.807, 2.05) is 26.0 Å². The lowest BCUT2D eigenvalue weighted by Gasteiger charge is -2.10. The first kappa shape index (κ1) is 12.6. The van der Waals surface area contributed by atoms with Crippen LogP contribution in [0.15, 0.2) is 16.7 Å². The van der Waals surface area contributed by atoms with E-state index in [4.69, 9.17) is 9.26 Å². The van der Waals surface area contributed by atoms with Gasteiger partial charge in [-0.25, -0.2) is 0 Å². The fraction of sp³-hybridized carbons (Fsp3) is 0.357. The quantitative estimate of drug-likeness (QED) is 0.906. The molecule has 1 N–H and O–H groups in total. The zero-order valence-electron chi connectivity index (χ0n) is 11.1. The van der Waals surface area contributed by atoms with Crippen molar-refractivity contribution in [2.45, 2.75) is 27.4 Å². The minimum absolute atomic E-state index is 0.0742. The van der Waals surface area contributed by atoms with Gasteiger partial charge in [0.25, 0.3) is 0 Å². The Morgan fingerprint density at radius 3 is 2.56 bits per heavy atom. The van der Waals surface area contributed by atoms with Crippen LogP contribution in [0.3, 0.4) is 0 Å². The van der Waals surface area contributed by atoms with E-state index in [9.17, 15) is 5.11 Å². The number of ether oxygens (including phenoxy) is 1. The van der Waals surface area contributed by atoms with Crippen LogP contribution in [0, 0.1) is 20.8 Å². The molecule has 4 heteroatoms. The average Bonchev–Trinajstić information content (AvgIpc) is 2.72. The van der Waals surface area contributed by atoms with Gasteiger partial charge in [-0.3, -0.25) is 0 Å². The third kappa shape index (κ3) is 1.99. The van der Waals surface area contributed by atoms with Gasteiger partial charge in [0.1, 0.15) is 17.2 Å². The maximum absolute atomic E-state index is 9.39. The molecule has 0 radical (unpaired) electrons. The lowest BCUT2D eigenvalue weighted by Crippen LogP contribution is -1.94. The fourth-order valence-corrected chi connectivity index (χ4v) is 2.05. The van der Waals surface area contributed by atoms with E-state index < -0.39 is 0 Å². The number of aliphatic hydroxyl groups excluding tert-OH is 1. The van der Waals surface area contributed by atoms with E-state index in [-0.39, 0.29) is 6.61 Å². The van der Waals surface area contributed by atoms with Crippen molar-refractivity contribution in [3.8, 4) is 17.0 Å². The van der Waals surface area contributed by atoms with Crippen molar-refractivity contribution in [3.63, 3.8) is 0 Å². The van der Waals surface area contributed by atoms with Gasteiger partial charge in [-0.2, -0.15) is 0 Å². The number of hydrogen-bond acceptors (Lipinski definition) is 4. The number of benzene rings is 1. The Kier molecular flexibility index (Phi) is 3.39. The molecule has 0 saturated carbocycles. The number of aliphatic hydroxyl groups is 1. The van der Waals surface area contributed by atoms with Gasteiger partial charge >= 0.3 is 0 Å². The monoisotopic (exact) mass is 247 g/mol. The summed E-state index contributed by atoms with van der Waals surface area (Å²) in [5.41, 5.74) is 4.48. The predicted octanol–water partition coefficient (Wildman–Crippen LogP) is 2.77. The van der Waals surface area contributed by atoms with Crippen LogP contribution in [0.25, 0.3) is 11.3 Å². The highest BCUT2D eigenvalue weighted by Gasteiger charge is 2.16. The molecule has 0 aliphatic rings. The van der Waals surface area contributed by atoms with Crippen molar-refractivity contribution >= 4 is 0 Å². The summed E-state index contributed by atoms with van der Waals surface area (Å²) < 4.78 is 10.4. The molecule has 0 fully saturated rings. The van der Waals surface area contributed by atoms with E-state index in [1.54, 1.807) is 14.0 Å².